The lowest BCUT2D eigenvalue weighted by atomic mass is 9.83. The zero-order valence-corrected chi connectivity index (χ0v) is 27.6. The molecule has 2 aliphatic rings. The summed E-state index contributed by atoms with van der Waals surface area (Å²) in [4.78, 5) is 78.4. The molecule has 3 amide bonds. The fourth-order valence-electron chi connectivity index (χ4n) is 5.84. The van der Waals surface area contributed by atoms with E-state index in [2.05, 4.69) is 5.32 Å². The monoisotopic (exact) mass is 704 g/mol. The molecule has 3 aromatic carbocycles. The van der Waals surface area contributed by atoms with Gasteiger partial charge >= 0.3 is 10.8 Å². The van der Waals surface area contributed by atoms with E-state index in [0.29, 0.717) is 26.7 Å². The molecule has 14 nitrogen and oxygen atoms in total. The number of ether oxygens (including phenoxy) is 2. The van der Waals surface area contributed by atoms with Crippen LogP contribution in [0.5, 0.6) is 11.5 Å². The third-order valence-corrected chi connectivity index (χ3v) is 10.6. The normalized spacial score (nSPS) is 18.1. The molecule has 3 atom stereocenters. The largest absolute Gasteiger partial charge is 0.504 e. The first kappa shape index (κ1) is 33.4. The van der Waals surface area contributed by atoms with Crippen LogP contribution in [0.1, 0.15) is 40.6 Å². The van der Waals surface area contributed by atoms with Gasteiger partial charge in [0.2, 0.25) is 17.7 Å². The summed E-state index contributed by atoms with van der Waals surface area (Å²) in [5, 5.41) is 23.7. The highest BCUT2D eigenvalue weighted by Crippen LogP contribution is 2.54. The number of non-ortho nitro benzene ring substituents is 1. The minimum Gasteiger partial charge on any atom is -0.504 e. The Hall–Kier alpha value is -5.48. The lowest BCUT2D eigenvalue weighted by Gasteiger charge is -2.31. The van der Waals surface area contributed by atoms with Crippen molar-refractivity contribution in [3.8, 4) is 11.5 Å². The second-order valence-corrected chi connectivity index (χ2v) is 13.1. The Morgan fingerprint density at radius 1 is 0.980 bits per heavy atom. The number of anilines is 2. The van der Waals surface area contributed by atoms with E-state index in [-0.39, 0.29) is 36.1 Å². The fourth-order valence-corrected chi connectivity index (χ4v) is 8.61. The Morgan fingerprint density at radius 2 is 1.69 bits per heavy atom. The predicted octanol–water partition coefficient (Wildman–Crippen LogP) is 4.53. The molecule has 252 valence electrons. The van der Waals surface area contributed by atoms with Crippen molar-refractivity contribution < 1.29 is 38.7 Å². The van der Waals surface area contributed by atoms with Gasteiger partial charge in [-0.15, -0.1) is 0 Å². The molecule has 0 radical (unpaired) electrons. The molecule has 6 rings (SSSR count). The first-order valence-corrected chi connectivity index (χ1v) is 16.8. The quantitative estimate of drug-likeness (QED) is 0.102. The molecule has 49 heavy (non-hydrogen) atoms. The van der Waals surface area contributed by atoms with Crippen LogP contribution >= 0.6 is 23.1 Å². The molecule has 4 aromatic rings. The second-order valence-electron chi connectivity index (χ2n) is 11.0. The smallest absolute Gasteiger partial charge is 0.338 e. The molecule has 16 heteroatoms. The van der Waals surface area contributed by atoms with Gasteiger partial charge in [-0.3, -0.25) is 33.9 Å². The summed E-state index contributed by atoms with van der Waals surface area (Å²) in [5.41, 5.74) is 1.14. The number of rotatable bonds is 10. The average molecular weight is 705 g/mol. The average Bonchev–Trinajstić information content (AvgIpc) is 3.52. The fraction of sp³-hybridized carbons (Fsp3) is 0.242. The van der Waals surface area contributed by atoms with Crippen LogP contribution in [0.3, 0.4) is 0 Å². The number of thioether (sulfide) groups is 1. The number of carbonyl (C=O) groups is 4. The van der Waals surface area contributed by atoms with Gasteiger partial charge in [-0.1, -0.05) is 29.2 Å². The number of fused-ring (bicyclic) bond motifs is 2. The number of carbonyl (C=O) groups excluding carboxylic acids is 4. The highest BCUT2D eigenvalue weighted by atomic mass is 32.2. The highest BCUT2D eigenvalue weighted by molar-refractivity contribution is 8.00. The molecular weight excluding hydrogens is 677 g/mol. The first-order chi connectivity index (χ1) is 23.5. The summed E-state index contributed by atoms with van der Waals surface area (Å²) in [6.45, 7) is 3.48. The number of aromatic hydroxyl groups is 1. The van der Waals surface area contributed by atoms with Crippen molar-refractivity contribution >= 4 is 63.9 Å². The molecule has 3 unspecified atom stereocenters. The zero-order valence-electron chi connectivity index (χ0n) is 26.0. The number of phenolic OH excluding ortho intramolecular Hbond substituents is 1. The Bertz CT molecular complexity index is 2040. The molecule has 0 spiro atoms. The summed E-state index contributed by atoms with van der Waals surface area (Å²) in [7, 11) is 0. The Balaban J connectivity index is 1.36. The standard InChI is InChI=1S/C33H28N4O10S2/c1-3-46-23-15-18(7-14-22(23)38)25-26-27(30(41)36(29(26)40)20-10-12-21(13-11-20)37(44)45)48-31-28(25)49-33(43)35(31)16-24(39)34-19-8-5-17(6-9-19)32(42)47-4-2/h5-15,25-27,38H,3-4,16H2,1-2H3,(H,34,39). The van der Waals surface area contributed by atoms with Crippen molar-refractivity contribution in [1.29, 1.82) is 0 Å². The molecule has 1 fully saturated rings. The van der Waals surface area contributed by atoms with Crippen LogP contribution in [0.25, 0.3) is 0 Å². The van der Waals surface area contributed by atoms with Crippen molar-refractivity contribution in [1.82, 2.24) is 4.57 Å². The van der Waals surface area contributed by atoms with Gasteiger partial charge in [-0.2, -0.15) is 0 Å². The van der Waals surface area contributed by atoms with Gasteiger partial charge < -0.3 is 19.9 Å². The number of nitro groups is 1. The molecule has 1 aromatic heterocycles. The summed E-state index contributed by atoms with van der Waals surface area (Å²) in [6, 6.07) is 15.7. The molecule has 3 heterocycles. The number of hydrogen-bond acceptors (Lipinski definition) is 12. The molecule has 1 saturated heterocycles. The summed E-state index contributed by atoms with van der Waals surface area (Å²) < 4.78 is 11.8. The number of aromatic nitrogens is 1. The van der Waals surface area contributed by atoms with Crippen molar-refractivity contribution in [2.75, 3.05) is 23.4 Å². The minimum absolute atomic E-state index is 0.133. The van der Waals surface area contributed by atoms with Crippen LogP contribution in [0.2, 0.25) is 0 Å². The SMILES string of the molecule is CCOC(=O)c1ccc(NC(=O)Cn2c3c(sc2=O)C(c2ccc(O)c(OCC)c2)C2C(=O)N(c4ccc([N+](=O)[O-])cc4)C(=O)C2S3)cc1. The van der Waals surface area contributed by atoms with Crippen LogP contribution in [0.4, 0.5) is 17.1 Å². The molecule has 2 aliphatic heterocycles. The Morgan fingerprint density at radius 3 is 2.35 bits per heavy atom. The summed E-state index contributed by atoms with van der Waals surface area (Å²) in [5.74, 6) is -3.99. The number of nitrogens with zero attached hydrogens (tertiary/aromatic N) is 3. The number of phenols is 1. The van der Waals surface area contributed by atoms with Gasteiger partial charge in [0.15, 0.2) is 11.5 Å². The van der Waals surface area contributed by atoms with Crippen molar-refractivity contribution in [2.45, 2.75) is 36.6 Å². The number of amides is 3. The lowest BCUT2D eigenvalue weighted by molar-refractivity contribution is -0.384. The van der Waals surface area contributed by atoms with Crippen LogP contribution < -0.4 is 19.8 Å². The second kappa shape index (κ2) is 13.6. The number of nitro benzene ring substituents is 1. The van der Waals surface area contributed by atoms with E-state index in [1.54, 1.807) is 26.0 Å². The van der Waals surface area contributed by atoms with E-state index in [1.807, 2.05) is 0 Å². The molecule has 2 N–H and O–H groups in total. The van der Waals surface area contributed by atoms with Crippen LogP contribution in [-0.4, -0.2) is 56.8 Å². The van der Waals surface area contributed by atoms with Crippen molar-refractivity contribution in [2.24, 2.45) is 5.92 Å². The third-order valence-electron chi connectivity index (χ3n) is 7.99. The maximum absolute atomic E-state index is 14.1. The number of hydrogen-bond donors (Lipinski definition) is 2. The summed E-state index contributed by atoms with van der Waals surface area (Å²) >= 11 is 1.86. The molecule has 0 bridgehead atoms. The molecular formula is C33H28N4O10S2. The van der Waals surface area contributed by atoms with Crippen molar-refractivity contribution in [3.05, 3.63) is 103 Å². The predicted molar refractivity (Wildman–Crippen MR) is 179 cm³/mol. The zero-order chi connectivity index (χ0) is 35.0. The van der Waals surface area contributed by atoms with E-state index in [1.165, 1.54) is 59.2 Å². The van der Waals surface area contributed by atoms with Gasteiger partial charge in [0.1, 0.15) is 11.8 Å². The maximum atomic E-state index is 14.1. The summed E-state index contributed by atoms with van der Waals surface area (Å²) in [6.07, 6.45) is 0. The van der Waals surface area contributed by atoms with Gasteiger partial charge in [0.25, 0.3) is 5.69 Å². The number of nitrogens with one attached hydrogen (secondary N) is 1. The Labute approximate surface area is 286 Å². The maximum Gasteiger partial charge on any atom is 0.338 e. The lowest BCUT2D eigenvalue weighted by Crippen LogP contribution is -2.33. The van der Waals surface area contributed by atoms with E-state index >= 15 is 0 Å². The van der Waals surface area contributed by atoms with E-state index in [4.69, 9.17) is 9.47 Å². The van der Waals surface area contributed by atoms with Crippen LogP contribution in [-0.2, 0) is 25.7 Å². The number of imide groups is 1. The van der Waals surface area contributed by atoms with Gasteiger partial charge in [-0.05, 0) is 67.9 Å². The van der Waals surface area contributed by atoms with E-state index in [0.717, 1.165) is 28.0 Å². The van der Waals surface area contributed by atoms with Gasteiger partial charge in [0.05, 0.1) is 40.3 Å². The van der Waals surface area contributed by atoms with E-state index < -0.39 is 57.1 Å². The Kier molecular flexibility index (Phi) is 9.25. The number of esters is 1. The van der Waals surface area contributed by atoms with E-state index in [9.17, 15) is 39.2 Å². The molecule has 0 aliphatic carbocycles. The third kappa shape index (κ3) is 6.27. The number of thiazole rings is 1. The first-order valence-electron chi connectivity index (χ1n) is 15.1. The highest BCUT2D eigenvalue weighted by Gasteiger charge is 2.57. The minimum atomic E-state index is -1.01. The van der Waals surface area contributed by atoms with Gasteiger partial charge in [-0.25, -0.2) is 9.69 Å². The van der Waals surface area contributed by atoms with Gasteiger partial charge in [0, 0.05) is 28.6 Å². The molecule has 0 saturated carbocycles. The topological polar surface area (TPSA) is 187 Å². The van der Waals surface area contributed by atoms with Crippen LogP contribution in [0, 0.1) is 16.0 Å². The number of benzene rings is 3. The van der Waals surface area contributed by atoms with Crippen molar-refractivity contribution in [3.63, 3.8) is 0 Å². The van der Waals surface area contributed by atoms with Crippen LogP contribution in [0.15, 0.2) is 76.6 Å².